The minimum atomic E-state index is -0.313. The van der Waals surface area contributed by atoms with Crippen molar-refractivity contribution in [1.82, 2.24) is 4.98 Å². The van der Waals surface area contributed by atoms with Crippen LogP contribution >= 0.6 is 46.5 Å². The summed E-state index contributed by atoms with van der Waals surface area (Å²) in [7, 11) is 0. The number of nitrogens with zero attached hydrogens (tertiary/aromatic N) is 1. The molecule has 0 aliphatic rings. The maximum atomic E-state index is 13.1. The molecule has 2 aromatic carbocycles. The van der Waals surface area contributed by atoms with Crippen molar-refractivity contribution < 1.29 is 4.39 Å². The number of hydrogen-bond donors (Lipinski definition) is 0. The zero-order valence-electron chi connectivity index (χ0n) is 13.0. The smallest absolute Gasteiger partial charge is 0.124 e. The van der Waals surface area contributed by atoms with E-state index in [1.54, 1.807) is 40.9 Å². The predicted molar refractivity (Wildman–Crippen MR) is 104 cm³/mol. The summed E-state index contributed by atoms with van der Waals surface area (Å²) in [4.78, 5) is 7.17. The van der Waals surface area contributed by atoms with Gasteiger partial charge in [-0.25, -0.2) is 9.37 Å². The summed E-state index contributed by atoms with van der Waals surface area (Å²) < 4.78 is 13.1. The van der Waals surface area contributed by atoms with Crippen molar-refractivity contribution in [2.24, 2.45) is 0 Å². The molecule has 3 aromatic rings. The average molecular weight is 396 g/mol. The quantitative estimate of drug-likeness (QED) is 0.440. The van der Waals surface area contributed by atoms with E-state index >= 15 is 0 Å². The molecule has 0 saturated carbocycles. The van der Waals surface area contributed by atoms with Crippen molar-refractivity contribution in [3.05, 3.63) is 74.9 Å². The lowest BCUT2D eigenvalue weighted by molar-refractivity contribution is 0.627. The molecular weight excluding hydrogens is 381 g/mol. The molecule has 6 heteroatoms. The highest BCUT2D eigenvalue weighted by atomic mass is 35.5. The summed E-state index contributed by atoms with van der Waals surface area (Å²) in [6, 6.07) is 13.1. The van der Waals surface area contributed by atoms with E-state index in [1.807, 2.05) is 0 Å². The second-order valence-electron chi connectivity index (χ2n) is 5.11. The van der Waals surface area contributed by atoms with Crippen LogP contribution in [0, 0.1) is 5.82 Å². The molecule has 124 valence electrons. The van der Waals surface area contributed by atoms with Crippen molar-refractivity contribution in [1.29, 1.82) is 0 Å². The molecule has 3 rings (SSSR count). The molecule has 0 unspecified atom stereocenters. The molecular formula is C18H15ClFNS3. The SMILES string of the molecule is CSc1ccc(SCc2csc(Cc3ccc(F)cc3Cl)n2)cc1. The second kappa shape index (κ2) is 8.39. The lowest BCUT2D eigenvalue weighted by atomic mass is 10.1. The summed E-state index contributed by atoms with van der Waals surface area (Å²) >= 11 is 11.2. The van der Waals surface area contributed by atoms with E-state index in [-0.39, 0.29) is 5.82 Å². The second-order valence-corrected chi connectivity index (χ2v) is 8.39. The lowest BCUT2D eigenvalue weighted by Crippen LogP contribution is -1.90. The molecule has 0 aliphatic heterocycles. The highest BCUT2D eigenvalue weighted by molar-refractivity contribution is 7.99. The highest BCUT2D eigenvalue weighted by Crippen LogP contribution is 2.27. The summed E-state index contributed by atoms with van der Waals surface area (Å²) in [6.45, 7) is 0. The van der Waals surface area contributed by atoms with E-state index < -0.39 is 0 Å². The highest BCUT2D eigenvalue weighted by Gasteiger charge is 2.08. The van der Waals surface area contributed by atoms with Gasteiger partial charge in [-0.15, -0.1) is 34.9 Å². The minimum Gasteiger partial charge on any atom is -0.245 e. The van der Waals surface area contributed by atoms with Crippen LogP contribution in [0.5, 0.6) is 0 Å². The summed E-state index contributed by atoms with van der Waals surface area (Å²) in [5.41, 5.74) is 1.96. The fraction of sp³-hybridized carbons (Fsp3) is 0.167. The van der Waals surface area contributed by atoms with E-state index in [2.05, 4.69) is 40.9 Å². The van der Waals surface area contributed by atoms with Crippen LogP contribution < -0.4 is 0 Å². The lowest BCUT2D eigenvalue weighted by Gasteiger charge is -2.02. The van der Waals surface area contributed by atoms with Gasteiger partial charge in [0.05, 0.1) is 10.7 Å². The molecule has 1 nitrogen and oxygen atoms in total. The number of aromatic nitrogens is 1. The molecule has 0 spiro atoms. The van der Waals surface area contributed by atoms with Gasteiger partial charge >= 0.3 is 0 Å². The molecule has 0 aliphatic carbocycles. The number of halogens is 2. The summed E-state index contributed by atoms with van der Waals surface area (Å²) in [6.07, 6.45) is 2.71. The van der Waals surface area contributed by atoms with Crippen LogP contribution in [0.25, 0.3) is 0 Å². The van der Waals surface area contributed by atoms with Gasteiger partial charge in [0.15, 0.2) is 0 Å². The molecule has 0 radical (unpaired) electrons. The third-order valence-corrected chi connectivity index (χ3v) is 6.44. The van der Waals surface area contributed by atoms with Crippen LogP contribution in [-0.2, 0) is 12.2 Å². The van der Waals surface area contributed by atoms with Gasteiger partial charge in [-0.05, 0) is 48.2 Å². The molecule has 0 bridgehead atoms. The minimum absolute atomic E-state index is 0.313. The first kappa shape index (κ1) is 17.8. The number of thioether (sulfide) groups is 2. The van der Waals surface area contributed by atoms with Gasteiger partial charge in [-0.3, -0.25) is 0 Å². The average Bonchev–Trinajstić information content (AvgIpc) is 3.03. The Morgan fingerprint density at radius 2 is 1.88 bits per heavy atom. The van der Waals surface area contributed by atoms with Gasteiger partial charge in [0.1, 0.15) is 5.82 Å². The van der Waals surface area contributed by atoms with Gasteiger partial charge in [-0.1, -0.05) is 17.7 Å². The van der Waals surface area contributed by atoms with Crippen LogP contribution in [-0.4, -0.2) is 11.2 Å². The predicted octanol–water partition coefficient (Wildman–Crippen LogP) is 6.54. The van der Waals surface area contributed by atoms with Crippen molar-refractivity contribution in [2.45, 2.75) is 22.0 Å². The van der Waals surface area contributed by atoms with E-state index in [4.69, 9.17) is 11.6 Å². The van der Waals surface area contributed by atoms with Crippen molar-refractivity contribution >= 4 is 46.5 Å². The first-order valence-electron chi connectivity index (χ1n) is 7.28. The molecule has 1 heterocycles. The summed E-state index contributed by atoms with van der Waals surface area (Å²) in [5, 5.41) is 3.53. The Morgan fingerprint density at radius 1 is 1.12 bits per heavy atom. The normalized spacial score (nSPS) is 11.0. The number of benzene rings is 2. The van der Waals surface area contributed by atoms with E-state index in [1.165, 1.54) is 21.9 Å². The zero-order valence-corrected chi connectivity index (χ0v) is 16.2. The summed E-state index contributed by atoms with van der Waals surface area (Å²) in [5.74, 6) is 0.527. The Kier molecular flexibility index (Phi) is 6.22. The Hall–Kier alpha value is -1.01. The third kappa shape index (κ3) is 4.76. The Labute approximate surface area is 158 Å². The van der Waals surface area contributed by atoms with Crippen LogP contribution in [0.2, 0.25) is 5.02 Å². The van der Waals surface area contributed by atoms with E-state index in [0.29, 0.717) is 11.4 Å². The van der Waals surface area contributed by atoms with Crippen molar-refractivity contribution in [3.63, 3.8) is 0 Å². The Balaban J connectivity index is 1.60. The van der Waals surface area contributed by atoms with E-state index in [0.717, 1.165) is 22.0 Å². The molecule has 0 saturated heterocycles. The van der Waals surface area contributed by atoms with Gasteiger partial charge in [0.25, 0.3) is 0 Å². The van der Waals surface area contributed by atoms with Crippen LogP contribution in [0.15, 0.2) is 57.6 Å². The molecule has 24 heavy (non-hydrogen) atoms. The maximum absolute atomic E-state index is 13.1. The molecule has 0 N–H and O–H groups in total. The number of thiazole rings is 1. The molecule has 1 aromatic heterocycles. The van der Waals surface area contributed by atoms with Crippen LogP contribution in [0.1, 0.15) is 16.3 Å². The third-order valence-electron chi connectivity index (χ3n) is 3.40. The first-order chi connectivity index (χ1) is 11.6. The van der Waals surface area contributed by atoms with Gasteiger partial charge < -0.3 is 0 Å². The number of hydrogen-bond acceptors (Lipinski definition) is 4. The van der Waals surface area contributed by atoms with Gasteiger partial charge in [0, 0.05) is 32.4 Å². The standard InChI is InChI=1S/C18H15ClFNS3/c1-22-15-4-6-16(7-5-15)23-10-14-11-24-18(21-14)8-12-2-3-13(20)9-17(12)19/h2-7,9,11H,8,10H2,1H3. The monoisotopic (exact) mass is 395 g/mol. The molecule has 0 atom stereocenters. The van der Waals surface area contributed by atoms with Crippen LogP contribution in [0.4, 0.5) is 4.39 Å². The fourth-order valence-electron chi connectivity index (χ4n) is 2.15. The van der Waals surface area contributed by atoms with Crippen molar-refractivity contribution in [2.75, 3.05) is 6.26 Å². The topological polar surface area (TPSA) is 12.9 Å². The van der Waals surface area contributed by atoms with E-state index in [9.17, 15) is 4.39 Å². The van der Waals surface area contributed by atoms with Crippen LogP contribution in [0.3, 0.4) is 0 Å². The molecule has 0 fully saturated rings. The van der Waals surface area contributed by atoms with Gasteiger partial charge in [-0.2, -0.15) is 0 Å². The Bertz CT molecular complexity index is 817. The van der Waals surface area contributed by atoms with Crippen molar-refractivity contribution in [3.8, 4) is 0 Å². The van der Waals surface area contributed by atoms with Gasteiger partial charge in [0.2, 0.25) is 0 Å². The maximum Gasteiger partial charge on any atom is 0.124 e. The fourth-order valence-corrected chi connectivity index (χ4v) is 4.51. The number of rotatable bonds is 6. The zero-order chi connectivity index (χ0) is 16.9. The Morgan fingerprint density at radius 3 is 2.58 bits per heavy atom. The largest absolute Gasteiger partial charge is 0.245 e. The first-order valence-corrected chi connectivity index (χ1v) is 10.7. The molecule has 0 amide bonds.